The molecule has 0 radical (unpaired) electrons. The van der Waals surface area contributed by atoms with Gasteiger partial charge in [-0.05, 0) is 26.2 Å². The quantitative estimate of drug-likeness (QED) is 0.922. The number of carboxylic acid groups (broad SMARTS) is 1. The average Bonchev–Trinajstić information content (AvgIpc) is 3.14. The number of aromatic nitrogens is 1. The molecule has 1 aromatic heterocycles. The molecule has 2 aliphatic rings. The zero-order valence-corrected chi connectivity index (χ0v) is 11.8. The molecule has 104 valence electrons. The SMILES string of the molecule is CC1CN(c2nc(C3CC3)c(C(=O)O)s2)CCCO1. The van der Waals surface area contributed by atoms with Gasteiger partial charge in [0.1, 0.15) is 4.88 Å². The van der Waals surface area contributed by atoms with Crippen molar-refractivity contribution < 1.29 is 14.6 Å². The Bertz CT molecular complexity index is 484. The molecule has 1 aromatic rings. The van der Waals surface area contributed by atoms with Crippen LogP contribution >= 0.6 is 11.3 Å². The molecule has 1 saturated carbocycles. The van der Waals surface area contributed by atoms with Crippen LogP contribution in [0.5, 0.6) is 0 Å². The van der Waals surface area contributed by atoms with Crippen LogP contribution in [-0.2, 0) is 4.74 Å². The molecule has 2 fully saturated rings. The molecular weight excluding hydrogens is 264 g/mol. The first-order valence-electron chi connectivity index (χ1n) is 6.75. The van der Waals surface area contributed by atoms with Crippen molar-refractivity contribution in [3.05, 3.63) is 10.6 Å². The Morgan fingerprint density at radius 3 is 3.00 bits per heavy atom. The molecule has 1 N–H and O–H groups in total. The zero-order chi connectivity index (χ0) is 13.4. The maximum Gasteiger partial charge on any atom is 0.347 e. The van der Waals surface area contributed by atoms with Gasteiger partial charge in [0.25, 0.3) is 0 Å². The van der Waals surface area contributed by atoms with E-state index in [1.54, 1.807) is 0 Å². The minimum absolute atomic E-state index is 0.170. The van der Waals surface area contributed by atoms with Gasteiger partial charge in [-0.25, -0.2) is 9.78 Å². The second kappa shape index (κ2) is 5.09. The number of rotatable bonds is 3. The van der Waals surface area contributed by atoms with Crippen LogP contribution in [0.1, 0.15) is 47.5 Å². The van der Waals surface area contributed by atoms with E-state index in [0.717, 1.165) is 49.8 Å². The van der Waals surface area contributed by atoms with Crippen LogP contribution in [0.15, 0.2) is 0 Å². The number of hydrogen-bond donors (Lipinski definition) is 1. The first-order chi connectivity index (χ1) is 9.15. The van der Waals surface area contributed by atoms with Crippen LogP contribution in [0.3, 0.4) is 0 Å². The zero-order valence-electron chi connectivity index (χ0n) is 11.0. The largest absolute Gasteiger partial charge is 0.477 e. The summed E-state index contributed by atoms with van der Waals surface area (Å²) in [4.78, 5) is 18.5. The van der Waals surface area contributed by atoms with Gasteiger partial charge in [-0.3, -0.25) is 0 Å². The molecule has 19 heavy (non-hydrogen) atoms. The molecule has 1 aliphatic heterocycles. The van der Waals surface area contributed by atoms with Crippen LogP contribution in [0.25, 0.3) is 0 Å². The van der Waals surface area contributed by atoms with Crippen LogP contribution in [-0.4, -0.2) is 41.9 Å². The lowest BCUT2D eigenvalue weighted by Gasteiger charge is -2.20. The summed E-state index contributed by atoms with van der Waals surface area (Å²) in [5.74, 6) is -0.471. The maximum atomic E-state index is 11.3. The molecule has 1 saturated heterocycles. The molecule has 6 heteroatoms. The highest BCUT2D eigenvalue weighted by Gasteiger charge is 2.33. The Hall–Kier alpha value is -1.14. The number of ether oxygens (including phenoxy) is 1. The van der Waals surface area contributed by atoms with E-state index in [9.17, 15) is 9.90 Å². The Labute approximate surface area is 116 Å². The van der Waals surface area contributed by atoms with E-state index in [4.69, 9.17) is 4.74 Å². The molecule has 1 atom stereocenters. The number of carboxylic acids is 1. The van der Waals surface area contributed by atoms with E-state index in [1.807, 2.05) is 6.92 Å². The minimum atomic E-state index is -0.843. The van der Waals surface area contributed by atoms with Crippen LogP contribution in [0, 0.1) is 0 Å². The van der Waals surface area contributed by atoms with Gasteiger partial charge in [0.15, 0.2) is 5.13 Å². The molecule has 0 spiro atoms. The molecule has 0 bridgehead atoms. The highest BCUT2D eigenvalue weighted by Crippen LogP contribution is 2.44. The molecule has 2 heterocycles. The fourth-order valence-electron chi connectivity index (χ4n) is 2.41. The van der Waals surface area contributed by atoms with Crippen molar-refractivity contribution >= 4 is 22.4 Å². The highest BCUT2D eigenvalue weighted by atomic mass is 32.1. The van der Waals surface area contributed by atoms with E-state index in [-0.39, 0.29) is 6.10 Å². The summed E-state index contributed by atoms with van der Waals surface area (Å²) >= 11 is 1.31. The summed E-state index contributed by atoms with van der Waals surface area (Å²) in [5.41, 5.74) is 0.797. The van der Waals surface area contributed by atoms with E-state index < -0.39 is 5.97 Å². The second-order valence-corrected chi connectivity index (χ2v) is 6.25. The number of thiazole rings is 1. The van der Waals surface area contributed by atoms with Crippen LogP contribution in [0.4, 0.5) is 5.13 Å². The lowest BCUT2D eigenvalue weighted by Crippen LogP contribution is -2.29. The summed E-state index contributed by atoms with van der Waals surface area (Å²) in [6, 6.07) is 0. The van der Waals surface area contributed by atoms with E-state index in [1.165, 1.54) is 11.3 Å². The van der Waals surface area contributed by atoms with Gasteiger partial charge in [0.2, 0.25) is 0 Å². The smallest absolute Gasteiger partial charge is 0.347 e. The average molecular weight is 282 g/mol. The fraction of sp³-hybridized carbons (Fsp3) is 0.692. The molecule has 5 nitrogen and oxygen atoms in total. The number of carbonyl (C=O) groups is 1. The summed E-state index contributed by atoms with van der Waals surface area (Å²) in [7, 11) is 0. The van der Waals surface area contributed by atoms with Gasteiger partial charge in [-0.15, -0.1) is 0 Å². The molecule has 1 unspecified atom stereocenters. The van der Waals surface area contributed by atoms with Crippen molar-refractivity contribution in [1.82, 2.24) is 4.98 Å². The summed E-state index contributed by atoms with van der Waals surface area (Å²) in [6.45, 7) is 4.49. The third-order valence-electron chi connectivity index (χ3n) is 3.52. The normalized spacial score (nSPS) is 24.3. The van der Waals surface area contributed by atoms with Gasteiger partial charge in [0, 0.05) is 25.6 Å². The molecule has 1 aliphatic carbocycles. The van der Waals surface area contributed by atoms with Crippen molar-refractivity contribution in [3.63, 3.8) is 0 Å². The maximum absolute atomic E-state index is 11.3. The van der Waals surface area contributed by atoms with Gasteiger partial charge in [-0.1, -0.05) is 11.3 Å². The van der Waals surface area contributed by atoms with Gasteiger partial charge < -0.3 is 14.7 Å². The van der Waals surface area contributed by atoms with Crippen molar-refractivity contribution in [1.29, 1.82) is 0 Å². The molecule has 3 rings (SSSR count). The second-order valence-electron chi connectivity index (χ2n) is 5.27. The van der Waals surface area contributed by atoms with Crippen molar-refractivity contribution in [2.45, 2.75) is 38.2 Å². The van der Waals surface area contributed by atoms with Crippen LogP contribution in [0.2, 0.25) is 0 Å². The molecular formula is C13H18N2O3S. The van der Waals surface area contributed by atoms with Gasteiger partial charge >= 0.3 is 5.97 Å². The summed E-state index contributed by atoms with van der Waals surface area (Å²) in [5, 5.41) is 10.1. The predicted molar refractivity (Wildman–Crippen MR) is 73.3 cm³/mol. The Morgan fingerprint density at radius 2 is 2.32 bits per heavy atom. The van der Waals surface area contributed by atoms with Crippen LogP contribution < -0.4 is 4.90 Å². The first kappa shape index (κ1) is 12.9. The van der Waals surface area contributed by atoms with Crippen molar-refractivity contribution in [2.75, 3.05) is 24.6 Å². The fourth-order valence-corrected chi connectivity index (χ4v) is 3.44. The Balaban J connectivity index is 1.87. The van der Waals surface area contributed by atoms with Crippen molar-refractivity contribution in [3.8, 4) is 0 Å². The summed E-state index contributed by atoms with van der Waals surface area (Å²) < 4.78 is 5.62. The first-order valence-corrected chi connectivity index (χ1v) is 7.57. The number of nitrogens with zero attached hydrogens (tertiary/aromatic N) is 2. The van der Waals surface area contributed by atoms with Crippen molar-refractivity contribution in [2.24, 2.45) is 0 Å². The number of hydrogen-bond acceptors (Lipinski definition) is 5. The van der Waals surface area contributed by atoms with E-state index in [2.05, 4.69) is 9.88 Å². The van der Waals surface area contributed by atoms with E-state index in [0.29, 0.717) is 10.8 Å². The standard InChI is InChI=1S/C13H18N2O3S/c1-8-7-15(5-2-6-18-8)13-14-10(9-3-4-9)11(19-13)12(16)17/h8-9H,2-7H2,1H3,(H,16,17). The lowest BCUT2D eigenvalue weighted by atomic mass is 10.2. The number of anilines is 1. The predicted octanol–water partition coefficient (Wildman–Crippen LogP) is 2.33. The number of aromatic carboxylic acids is 1. The topological polar surface area (TPSA) is 62.7 Å². The van der Waals surface area contributed by atoms with Gasteiger partial charge in [-0.2, -0.15) is 0 Å². The third-order valence-corrected chi connectivity index (χ3v) is 4.64. The Morgan fingerprint density at radius 1 is 1.53 bits per heavy atom. The lowest BCUT2D eigenvalue weighted by molar-refractivity contribution is 0.0700. The van der Waals surface area contributed by atoms with E-state index >= 15 is 0 Å². The molecule has 0 amide bonds. The highest BCUT2D eigenvalue weighted by molar-refractivity contribution is 7.17. The third kappa shape index (κ3) is 2.74. The minimum Gasteiger partial charge on any atom is -0.477 e. The Kier molecular flexibility index (Phi) is 3.45. The summed E-state index contributed by atoms with van der Waals surface area (Å²) in [6.07, 6.45) is 3.28. The monoisotopic (exact) mass is 282 g/mol. The van der Waals surface area contributed by atoms with Gasteiger partial charge in [0.05, 0.1) is 11.8 Å². The molecule has 0 aromatic carbocycles.